The second kappa shape index (κ2) is 5.84. The molecule has 1 saturated heterocycles. The molecule has 0 saturated carbocycles. The van der Waals surface area contributed by atoms with E-state index >= 15 is 0 Å². The van der Waals surface area contributed by atoms with Crippen LogP contribution in [0.15, 0.2) is 47.5 Å². The molecule has 5 heteroatoms. The Morgan fingerprint density at radius 1 is 1.04 bits per heavy atom. The van der Waals surface area contributed by atoms with Crippen molar-refractivity contribution in [1.82, 2.24) is 10.3 Å². The lowest BCUT2D eigenvalue weighted by Gasteiger charge is -2.39. The van der Waals surface area contributed by atoms with E-state index in [9.17, 15) is 0 Å². The predicted molar refractivity (Wildman–Crippen MR) is 91.4 cm³/mol. The number of hydrazine groups is 1. The van der Waals surface area contributed by atoms with E-state index in [0.717, 1.165) is 48.8 Å². The quantitative estimate of drug-likeness (QED) is 0.880. The van der Waals surface area contributed by atoms with Crippen LogP contribution in [0.5, 0.6) is 0 Å². The minimum absolute atomic E-state index is 0.632. The van der Waals surface area contributed by atoms with Crippen molar-refractivity contribution in [2.75, 3.05) is 31.2 Å². The normalized spacial score (nSPS) is 17.1. The number of rotatable bonds is 1. The average Bonchev–Trinajstić information content (AvgIpc) is 2.78. The Labute approximate surface area is 135 Å². The number of fused-ring (bicyclic) bond motifs is 2. The van der Waals surface area contributed by atoms with Gasteiger partial charge in [0.2, 0.25) is 0 Å². The number of hydrogen-bond acceptors (Lipinski definition) is 5. The van der Waals surface area contributed by atoms with E-state index in [2.05, 4.69) is 44.6 Å². The van der Waals surface area contributed by atoms with Crippen molar-refractivity contribution in [1.29, 1.82) is 5.26 Å². The summed E-state index contributed by atoms with van der Waals surface area (Å²) in [6.07, 6.45) is 1.89. The number of aliphatic imine (C=N–C) groups is 1. The van der Waals surface area contributed by atoms with Crippen LogP contribution in [0.25, 0.3) is 0 Å². The van der Waals surface area contributed by atoms with Gasteiger partial charge in [-0.1, -0.05) is 18.2 Å². The summed E-state index contributed by atoms with van der Waals surface area (Å²) in [5.41, 5.74) is 4.69. The van der Waals surface area contributed by atoms with E-state index in [-0.39, 0.29) is 0 Å². The Kier molecular flexibility index (Phi) is 3.54. The lowest BCUT2D eigenvalue weighted by Crippen LogP contribution is -2.51. The fourth-order valence-corrected chi connectivity index (χ4v) is 3.09. The molecule has 4 rings (SSSR count). The molecule has 0 radical (unpaired) electrons. The minimum atomic E-state index is 0.632. The Bertz CT molecular complexity index is 799. The van der Waals surface area contributed by atoms with E-state index in [4.69, 9.17) is 5.26 Å². The lowest BCUT2D eigenvalue weighted by molar-refractivity contribution is 0.244. The highest BCUT2D eigenvalue weighted by molar-refractivity contribution is 5.95. The van der Waals surface area contributed by atoms with Crippen molar-refractivity contribution in [3.63, 3.8) is 0 Å². The molecule has 0 aliphatic carbocycles. The van der Waals surface area contributed by atoms with Crippen LogP contribution in [0.4, 0.5) is 17.1 Å². The maximum Gasteiger partial charge on any atom is 0.0992 e. The molecule has 1 N–H and O–H groups in total. The largest absolute Gasteiger partial charge is 0.314 e. The summed E-state index contributed by atoms with van der Waals surface area (Å²) in [5.74, 6) is 0. The zero-order chi connectivity index (χ0) is 15.6. The van der Waals surface area contributed by atoms with Crippen molar-refractivity contribution >= 4 is 23.3 Å². The van der Waals surface area contributed by atoms with Gasteiger partial charge in [-0.05, 0) is 24.3 Å². The SMILES string of the molecule is N#Cc1ccc2c(c1)N=Cc1ccccc1N2N1CCNCC1. The van der Waals surface area contributed by atoms with E-state index in [1.165, 1.54) is 0 Å². The van der Waals surface area contributed by atoms with Gasteiger partial charge < -0.3 is 5.32 Å². The van der Waals surface area contributed by atoms with Gasteiger partial charge in [0.1, 0.15) is 0 Å². The minimum Gasteiger partial charge on any atom is -0.314 e. The number of anilines is 2. The third-order valence-corrected chi connectivity index (χ3v) is 4.22. The molecule has 114 valence electrons. The molecular formula is C18H17N5. The number of nitrogens with one attached hydrogen (secondary N) is 1. The average molecular weight is 303 g/mol. The second-order valence-electron chi connectivity index (χ2n) is 5.65. The molecular weight excluding hydrogens is 286 g/mol. The molecule has 23 heavy (non-hydrogen) atoms. The fourth-order valence-electron chi connectivity index (χ4n) is 3.09. The summed E-state index contributed by atoms with van der Waals surface area (Å²) in [7, 11) is 0. The lowest BCUT2D eigenvalue weighted by atomic mass is 10.1. The van der Waals surface area contributed by atoms with E-state index < -0.39 is 0 Å². The summed E-state index contributed by atoms with van der Waals surface area (Å²) in [5, 5.41) is 17.1. The monoisotopic (exact) mass is 303 g/mol. The first kappa shape index (κ1) is 13.9. The molecule has 0 aromatic heterocycles. The summed E-state index contributed by atoms with van der Waals surface area (Å²) in [6.45, 7) is 3.80. The molecule has 2 aromatic rings. The van der Waals surface area contributed by atoms with Crippen molar-refractivity contribution < 1.29 is 0 Å². The first-order valence-electron chi connectivity index (χ1n) is 7.80. The number of para-hydroxylation sites is 1. The van der Waals surface area contributed by atoms with Crippen LogP contribution in [0.2, 0.25) is 0 Å². The van der Waals surface area contributed by atoms with Gasteiger partial charge in [0.25, 0.3) is 0 Å². The summed E-state index contributed by atoms with van der Waals surface area (Å²) in [4.78, 5) is 4.62. The van der Waals surface area contributed by atoms with Crippen molar-refractivity contribution in [3.05, 3.63) is 53.6 Å². The van der Waals surface area contributed by atoms with E-state index in [1.54, 1.807) is 0 Å². The fraction of sp³-hybridized carbons (Fsp3) is 0.222. The Morgan fingerprint density at radius 3 is 2.70 bits per heavy atom. The maximum atomic E-state index is 9.16. The highest BCUT2D eigenvalue weighted by atomic mass is 15.6. The van der Waals surface area contributed by atoms with Gasteiger partial charge >= 0.3 is 0 Å². The van der Waals surface area contributed by atoms with Gasteiger partial charge in [0.05, 0.1) is 28.7 Å². The molecule has 0 atom stereocenters. The highest BCUT2D eigenvalue weighted by Crippen LogP contribution is 2.39. The van der Waals surface area contributed by atoms with Gasteiger partial charge in [-0.2, -0.15) is 5.26 Å². The van der Waals surface area contributed by atoms with E-state index in [1.807, 2.05) is 30.5 Å². The first-order valence-corrected chi connectivity index (χ1v) is 7.80. The number of nitrogens with zero attached hydrogens (tertiary/aromatic N) is 4. The smallest absolute Gasteiger partial charge is 0.0992 e. The topological polar surface area (TPSA) is 54.7 Å². The molecule has 0 spiro atoms. The van der Waals surface area contributed by atoms with Crippen molar-refractivity contribution in [2.24, 2.45) is 4.99 Å². The standard InChI is InChI=1S/C18H17N5/c19-12-14-5-6-18-16(11-14)21-13-15-3-1-2-4-17(15)23(18)22-9-7-20-8-10-22/h1-6,11,13,20H,7-10H2. The van der Waals surface area contributed by atoms with Gasteiger partial charge in [-0.3, -0.25) is 10.0 Å². The van der Waals surface area contributed by atoms with Crippen LogP contribution in [-0.4, -0.2) is 37.4 Å². The molecule has 0 bridgehead atoms. The molecule has 1 fully saturated rings. The number of hydrogen-bond donors (Lipinski definition) is 1. The van der Waals surface area contributed by atoms with Crippen LogP contribution in [-0.2, 0) is 0 Å². The van der Waals surface area contributed by atoms with Crippen molar-refractivity contribution in [3.8, 4) is 6.07 Å². The van der Waals surface area contributed by atoms with Gasteiger partial charge in [0, 0.05) is 38.0 Å². The molecule has 0 unspecified atom stereocenters. The third kappa shape index (κ3) is 2.48. The van der Waals surface area contributed by atoms with Crippen LogP contribution >= 0.6 is 0 Å². The summed E-state index contributed by atoms with van der Waals surface area (Å²) < 4.78 is 0. The van der Waals surface area contributed by atoms with Gasteiger partial charge in [0.15, 0.2) is 0 Å². The molecule has 0 amide bonds. The maximum absolute atomic E-state index is 9.16. The highest BCUT2D eigenvalue weighted by Gasteiger charge is 2.25. The third-order valence-electron chi connectivity index (χ3n) is 4.22. The zero-order valence-electron chi connectivity index (χ0n) is 12.7. The van der Waals surface area contributed by atoms with Crippen LogP contribution in [0.3, 0.4) is 0 Å². The number of piperazine rings is 1. The molecule has 2 aromatic carbocycles. The molecule has 5 nitrogen and oxygen atoms in total. The summed E-state index contributed by atoms with van der Waals surface area (Å²) >= 11 is 0. The van der Waals surface area contributed by atoms with E-state index in [0.29, 0.717) is 5.56 Å². The molecule has 2 heterocycles. The molecule has 2 aliphatic rings. The summed E-state index contributed by atoms with van der Waals surface area (Å²) in [6, 6.07) is 16.2. The van der Waals surface area contributed by atoms with Gasteiger partial charge in [-0.15, -0.1) is 0 Å². The van der Waals surface area contributed by atoms with Crippen molar-refractivity contribution in [2.45, 2.75) is 0 Å². The van der Waals surface area contributed by atoms with Crippen LogP contribution in [0, 0.1) is 11.3 Å². The first-order chi connectivity index (χ1) is 11.4. The predicted octanol–water partition coefficient (Wildman–Crippen LogP) is 2.58. The Hall–Kier alpha value is -2.68. The number of nitriles is 1. The van der Waals surface area contributed by atoms with Crippen LogP contribution < -0.4 is 10.3 Å². The Morgan fingerprint density at radius 2 is 1.87 bits per heavy atom. The second-order valence-corrected chi connectivity index (χ2v) is 5.65. The molecule has 2 aliphatic heterocycles. The van der Waals surface area contributed by atoms with Gasteiger partial charge in [-0.25, -0.2) is 5.01 Å². The Balaban J connectivity index is 1.89. The zero-order valence-corrected chi connectivity index (χ0v) is 12.7. The number of benzene rings is 2. The van der Waals surface area contributed by atoms with Crippen LogP contribution in [0.1, 0.15) is 11.1 Å².